The first kappa shape index (κ1) is 12.1. The van der Waals surface area contributed by atoms with E-state index >= 15 is 0 Å². The van der Waals surface area contributed by atoms with Crippen LogP contribution in [0.25, 0.3) is 0 Å². The lowest BCUT2D eigenvalue weighted by atomic mass is 10.0. The Kier molecular flexibility index (Phi) is 3.49. The number of hydrogen-bond acceptors (Lipinski definition) is 2. The first-order valence-corrected chi connectivity index (χ1v) is 5.68. The van der Waals surface area contributed by atoms with E-state index in [1.807, 2.05) is 0 Å². The molecule has 0 bridgehead atoms. The topological polar surface area (TPSA) is 38.9 Å². The van der Waals surface area contributed by atoms with E-state index in [0.29, 0.717) is 15.6 Å². The third-order valence-electron chi connectivity index (χ3n) is 2.39. The molecule has 2 aromatic rings. The molecule has 88 valence electrons. The molecule has 0 fully saturated rings. The Morgan fingerprint density at radius 1 is 1.12 bits per heavy atom. The van der Waals surface area contributed by atoms with Gasteiger partial charge in [0.25, 0.3) is 0 Å². The summed E-state index contributed by atoms with van der Waals surface area (Å²) in [5, 5.41) is 0. The van der Waals surface area contributed by atoms with Crippen molar-refractivity contribution in [2.24, 2.45) is 5.73 Å². The van der Waals surface area contributed by atoms with E-state index in [1.54, 1.807) is 12.1 Å². The summed E-state index contributed by atoms with van der Waals surface area (Å²) in [4.78, 5) is 3.71. The van der Waals surface area contributed by atoms with E-state index in [-0.39, 0.29) is 0 Å². The molecule has 0 amide bonds. The maximum atomic E-state index is 13.3. The summed E-state index contributed by atoms with van der Waals surface area (Å²) in [5.41, 5.74) is 6.99. The van der Waals surface area contributed by atoms with Gasteiger partial charge in [0, 0.05) is 6.20 Å². The van der Waals surface area contributed by atoms with Gasteiger partial charge in [-0.25, -0.2) is 8.78 Å². The number of nitrogens with two attached hydrogens (primary N) is 1. The maximum Gasteiger partial charge on any atom is 0.141 e. The fraction of sp³-hybridized carbons (Fsp3) is 0.0833. The zero-order valence-corrected chi connectivity index (χ0v) is 10.3. The van der Waals surface area contributed by atoms with Crippen LogP contribution in [-0.4, -0.2) is 4.98 Å². The monoisotopic (exact) mass is 298 g/mol. The van der Waals surface area contributed by atoms with E-state index in [9.17, 15) is 8.78 Å². The van der Waals surface area contributed by atoms with Crippen LogP contribution in [0.5, 0.6) is 0 Å². The Labute approximate surface area is 106 Å². The van der Waals surface area contributed by atoms with Crippen LogP contribution < -0.4 is 5.73 Å². The van der Waals surface area contributed by atoms with Gasteiger partial charge in [-0.2, -0.15) is 0 Å². The molecule has 1 aromatic carbocycles. The van der Waals surface area contributed by atoms with Crippen LogP contribution in [0.15, 0.2) is 41.1 Å². The average molecular weight is 299 g/mol. The predicted octanol–water partition coefficient (Wildman–Crippen LogP) is 3.17. The van der Waals surface area contributed by atoms with Crippen molar-refractivity contribution in [3.63, 3.8) is 0 Å². The number of halogens is 3. The summed E-state index contributed by atoms with van der Waals surface area (Å²) in [7, 11) is 0. The van der Waals surface area contributed by atoms with Crippen LogP contribution >= 0.6 is 15.9 Å². The zero-order chi connectivity index (χ0) is 12.4. The van der Waals surface area contributed by atoms with Crippen molar-refractivity contribution in [2.45, 2.75) is 6.04 Å². The van der Waals surface area contributed by atoms with E-state index in [1.165, 1.54) is 18.3 Å². The molecule has 0 saturated heterocycles. The van der Waals surface area contributed by atoms with Crippen LogP contribution in [0.4, 0.5) is 8.78 Å². The molecule has 2 nitrogen and oxygen atoms in total. The molecule has 1 atom stereocenters. The second-order valence-electron chi connectivity index (χ2n) is 3.59. The Hall–Kier alpha value is -1.33. The molecule has 17 heavy (non-hydrogen) atoms. The fourth-order valence-corrected chi connectivity index (χ4v) is 1.74. The summed E-state index contributed by atoms with van der Waals surface area (Å²) in [5.74, 6) is -0.863. The zero-order valence-electron chi connectivity index (χ0n) is 8.70. The van der Waals surface area contributed by atoms with E-state index in [4.69, 9.17) is 5.73 Å². The first-order valence-electron chi connectivity index (χ1n) is 4.89. The normalized spacial score (nSPS) is 12.5. The fourth-order valence-electron chi connectivity index (χ4n) is 1.50. The van der Waals surface area contributed by atoms with E-state index in [0.717, 1.165) is 6.20 Å². The minimum absolute atomic E-state index is 0.366. The maximum absolute atomic E-state index is 13.3. The van der Waals surface area contributed by atoms with Gasteiger partial charge in [-0.15, -0.1) is 0 Å². The number of benzene rings is 1. The third-order valence-corrected chi connectivity index (χ3v) is 3.03. The van der Waals surface area contributed by atoms with Gasteiger partial charge in [0.15, 0.2) is 0 Å². The molecular weight excluding hydrogens is 290 g/mol. The smallest absolute Gasteiger partial charge is 0.141 e. The highest BCUT2D eigenvalue weighted by atomic mass is 79.9. The highest BCUT2D eigenvalue weighted by Crippen LogP contribution is 2.23. The van der Waals surface area contributed by atoms with Crippen molar-refractivity contribution in [1.82, 2.24) is 4.98 Å². The van der Waals surface area contributed by atoms with Gasteiger partial charge in [-0.05, 0) is 45.3 Å². The quantitative estimate of drug-likeness (QED) is 0.925. The second kappa shape index (κ2) is 4.89. The van der Waals surface area contributed by atoms with E-state index < -0.39 is 17.7 Å². The van der Waals surface area contributed by atoms with Gasteiger partial charge >= 0.3 is 0 Å². The standard InChI is InChI=1S/C12H9BrF2N2/c13-10-2-1-7(4-11(10)15)12(16)8-3-9(14)6-17-5-8/h1-6,12H,16H2. The highest BCUT2D eigenvalue weighted by Gasteiger charge is 2.12. The lowest BCUT2D eigenvalue weighted by Crippen LogP contribution is -2.12. The first-order chi connectivity index (χ1) is 8.08. The van der Waals surface area contributed by atoms with Crippen LogP contribution in [0, 0.1) is 11.6 Å². The van der Waals surface area contributed by atoms with Crippen molar-refractivity contribution < 1.29 is 8.78 Å². The van der Waals surface area contributed by atoms with Gasteiger partial charge in [0.05, 0.1) is 16.7 Å². The minimum atomic E-state index is -0.596. The number of hydrogen-bond donors (Lipinski definition) is 1. The molecule has 0 aliphatic heterocycles. The Morgan fingerprint density at radius 2 is 1.88 bits per heavy atom. The second-order valence-corrected chi connectivity index (χ2v) is 4.44. The Balaban J connectivity index is 2.36. The predicted molar refractivity (Wildman–Crippen MR) is 64.3 cm³/mol. The Bertz CT molecular complexity index is 546. The number of aromatic nitrogens is 1. The van der Waals surface area contributed by atoms with Crippen molar-refractivity contribution >= 4 is 15.9 Å². The van der Waals surface area contributed by atoms with Crippen molar-refractivity contribution in [2.75, 3.05) is 0 Å². The van der Waals surface area contributed by atoms with Crippen LogP contribution in [0.1, 0.15) is 17.2 Å². The van der Waals surface area contributed by atoms with Crippen LogP contribution in [0.3, 0.4) is 0 Å². The molecule has 1 heterocycles. The number of nitrogens with zero attached hydrogens (tertiary/aromatic N) is 1. The summed E-state index contributed by atoms with van der Waals surface area (Å²) < 4.78 is 26.7. The molecule has 0 radical (unpaired) electrons. The van der Waals surface area contributed by atoms with Crippen LogP contribution in [-0.2, 0) is 0 Å². The number of rotatable bonds is 2. The molecule has 0 saturated carbocycles. The molecule has 2 rings (SSSR count). The molecule has 5 heteroatoms. The van der Waals surface area contributed by atoms with Gasteiger partial charge in [0.1, 0.15) is 11.6 Å². The summed E-state index contributed by atoms with van der Waals surface area (Å²) in [6.07, 6.45) is 2.56. The molecule has 1 unspecified atom stereocenters. The molecule has 1 aromatic heterocycles. The van der Waals surface area contributed by atoms with Crippen molar-refractivity contribution in [3.05, 3.63) is 63.9 Å². The molecular formula is C12H9BrF2N2. The van der Waals surface area contributed by atoms with Gasteiger partial charge in [-0.1, -0.05) is 6.07 Å². The van der Waals surface area contributed by atoms with Crippen molar-refractivity contribution in [3.8, 4) is 0 Å². The van der Waals surface area contributed by atoms with Crippen LogP contribution in [0.2, 0.25) is 0 Å². The summed E-state index contributed by atoms with van der Waals surface area (Å²) in [6.45, 7) is 0. The third kappa shape index (κ3) is 2.68. The molecule has 0 aliphatic rings. The molecule has 0 spiro atoms. The SMILES string of the molecule is NC(c1cncc(F)c1)c1ccc(Br)c(F)c1. The minimum Gasteiger partial charge on any atom is -0.320 e. The van der Waals surface area contributed by atoms with Gasteiger partial charge < -0.3 is 5.73 Å². The van der Waals surface area contributed by atoms with Gasteiger partial charge in [0.2, 0.25) is 0 Å². The Morgan fingerprint density at radius 3 is 2.53 bits per heavy atom. The average Bonchev–Trinajstić information content (AvgIpc) is 2.32. The molecule has 2 N–H and O–H groups in total. The summed E-state index contributed by atoms with van der Waals surface area (Å²) >= 11 is 3.06. The number of pyridine rings is 1. The van der Waals surface area contributed by atoms with E-state index in [2.05, 4.69) is 20.9 Å². The summed E-state index contributed by atoms with van der Waals surface area (Å²) in [6, 6.07) is 5.26. The lowest BCUT2D eigenvalue weighted by Gasteiger charge is -2.12. The van der Waals surface area contributed by atoms with Crippen molar-refractivity contribution in [1.29, 1.82) is 0 Å². The highest BCUT2D eigenvalue weighted by molar-refractivity contribution is 9.10. The largest absolute Gasteiger partial charge is 0.320 e. The molecule has 0 aliphatic carbocycles. The lowest BCUT2D eigenvalue weighted by molar-refractivity contribution is 0.612. The van der Waals surface area contributed by atoms with Gasteiger partial charge in [-0.3, -0.25) is 4.98 Å².